The lowest BCUT2D eigenvalue weighted by molar-refractivity contribution is 0.378. The van der Waals surface area contributed by atoms with Crippen LogP contribution >= 0.6 is 0 Å². The van der Waals surface area contributed by atoms with Gasteiger partial charge in [0, 0.05) is 30.4 Å². The summed E-state index contributed by atoms with van der Waals surface area (Å²) >= 11 is 0. The number of H-pyrrole nitrogens is 1. The van der Waals surface area contributed by atoms with Gasteiger partial charge in [-0.2, -0.15) is 0 Å². The summed E-state index contributed by atoms with van der Waals surface area (Å²) in [6.07, 6.45) is 8.11. The number of hydrogen-bond acceptors (Lipinski definition) is 5. The molecule has 2 unspecified atom stereocenters. The van der Waals surface area contributed by atoms with E-state index in [1.165, 1.54) is 0 Å². The predicted octanol–water partition coefficient (Wildman–Crippen LogP) is 2.63. The first-order valence-electron chi connectivity index (χ1n) is 7.64. The molecule has 0 bridgehead atoms. The zero-order valence-electron chi connectivity index (χ0n) is 12.5. The van der Waals surface area contributed by atoms with Gasteiger partial charge in [-0.25, -0.2) is 9.97 Å². The number of hydrogen-bond donors (Lipinski definition) is 3. The van der Waals surface area contributed by atoms with Crippen molar-refractivity contribution in [2.75, 3.05) is 18.4 Å². The van der Waals surface area contributed by atoms with Crippen molar-refractivity contribution in [2.24, 2.45) is 5.92 Å². The Morgan fingerprint density at radius 1 is 1.32 bits per heavy atom. The maximum absolute atomic E-state index is 5.48. The molecule has 3 aromatic rings. The lowest BCUT2D eigenvalue weighted by Crippen LogP contribution is -2.42. The van der Waals surface area contributed by atoms with Crippen molar-refractivity contribution >= 4 is 16.7 Å². The van der Waals surface area contributed by atoms with Crippen LogP contribution in [0.5, 0.6) is 0 Å². The van der Waals surface area contributed by atoms with Crippen LogP contribution in [0.25, 0.3) is 22.5 Å². The van der Waals surface area contributed by atoms with Crippen LogP contribution in [0.15, 0.2) is 35.3 Å². The van der Waals surface area contributed by atoms with Gasteiger partial charge in [0.05, 0.1) is 17.4 Å². The molecule has 0 amide bonds. The molecule has 6 heteroatoms. The van der Waals surface area contributed by atoms with Crippen LogP contribution in [0.4, 0.5) is 5.69 Å². The number of aromatic amines is 1. The van der Waals surface area contributed by atoms with Crippen molar-refractivity contribution in [3.8, 4) is 11.5 Å². The molecule has 1 aliphatic heterocycles. The molecule has 1 fully saturated rings. The van der Waals surface area contributed by atoms with Gasteiger partial charge in [-0.3, -0.25) is 0 Å². The Morgan fingerprint density at radius 2 is 2.27 bits per heavy atom. The Hall–Kier alpha value is -2.34. The third-order valence-corrected chi connectivity index (χ3v) is 4.17. The summed E-state index contributed by atoms with van der Waals surface area (Å²) < 4.78 is 5.48. The number of nitrogens with one attached hydrogen (secondary N) is 3. The van der Waals surface area contributed by atoms with Gasteiger partial charge in [0.1, 0.15) is 11.9 Å². The second-order valence-corrected chi connectivity index (χ2v) is 5.96. The monoisotopic (exact) mass is 297 g/mol. The Labute approximate surface area is 128 Å². The maximum atomic E-state index is 5.48. The summed E-state index contributed by atoms with van der Waals surface area (Å²) in [7, 11) is 0. The van der Waals surface area contributed by atoms with Crippen LogP contribution in [-0.2, 0) is 0 Å². The van der Waals surface area contributed by atoms with Crippen LogP contribution in [0.2, 0.25) is 0 Å². The van der Waals surface area contributed by atoms with E-state index in [2.05, 4.69) is 32.5 Å². The van der Waals surface area contributed by atoms with E-state index < -0.39 is 0 Å². The first kappa shape index (κ1) is 13.3. The van der Waals surface area contributed by atoms with Gasteiger partial charge in [-0.15, -0.1) is 0 Å². The first-order chi connectivity index (χ1) is 10.8. The fourth-order valence-electron chi connectivity index (χ4n) is 3.15. The molecule has 0 aromatic carbocycles. The van der Waals surface area contributed by atoms with Gasteiger partial charge >= 0.3 is 0 Å². The van der Waals surface area contributed by atoms with Crippen molar-refractivity contribution in [2.45, 2.75) is 19.4 Å². The summed E-state index contributed by atoms with van der Waals surface area (Å²) in [5.74, 6) is 1.26. The standard InChI is InChI=1S/C16H19N5O/c1-10-6-11(8-17-7-10)21-14-12-2-3-18-15(12)20-9-13(14)16-19-4-5-22-16/h2-5,9-11,17H,6-8H2,1H3,(H2,18,20,21). The van der Waals surface area contributed by atoms with E-state index in [1.807, 2.05) is 18.5 Å². The zero-order valence-corrected chi connectivity index (χ0v) is 12.5. The van der Waals surface area contributed by atoms with Crippen LogP contribution < -0.4 is 10.6 Å². The smallest absolute Gasteiger partial charge is 0.229 e. The molecule has 2 atom stereocenters. The SMILES string of the molecule is CC1CNCC(Nc2c(-c3ncco3)cnc3[nH]ccc23)C1. The number of piperidine rings is 1. The number of pyridine rings is 1. The molecule has 3 aromatic heterocycles. The second-order valence-electron chi connectivity index (χ2n) is 5.96. The Bertz CT molecular complexity index is 764. The number of oxazole rings is 1. The first-order valence-corrected chi connectivity index (χ1v) is 7.64. The molecule has 4 rings (SSSR count). The van der Waals surface area contributed by atoms with Gasteiger partial charge in [-0.05, 0) is 24.9 Å². The molecule has 1 aliphatic rings. The second kappa shape index (κ2) is 5.46. The van der Waals surface area contributed by atoms with Crippen molar-refractivity contribution < 1.29 is 4.42 Å². The van der Waals surface area contributed by atoms with E-state index in [0.29, 0.717) is 17.9 Å². The van der Waals surface area contributed by atoms with Gasteiger partial charge in [0.2, 0.25) is 5.89 Å². The molecule has 6 nitrogen and oxygen atoms in total. The van der Waals surface area contributed by atoms with E-state index in [4.69, 9.17) is 4.42 Å². The highest BCUT2D eigenvalue weighted by molar-refractivity contribution is 5.97. The fraction of sp³-hybridized carbons (Fsp3) is 0.375. The number of nitrogens with zero attached hydrogens (tertiary/aromatic N) is 2. The molecule has 22 heavy (non-hydrogen) atoms. The van der Waals surface area contributed by atoms with E-state index in [1.54, 1.807) is 12.5 Å². The minimum Gasteiger partial charge on any atom is -0.444 e. The molecule has 4 heterocycles. The molecular formula is C16H19N5O. The van der Waals surface area contributed by atoms with Gasteiger partial charge in [0.15, 0.2) is 0 Å². The topological polar surface area (TPSA) is 78.8 Å². The Kier molecular flexibility index (Phi) is 3.31. The van der Waals surface area contributed by atoms with Crippen molar-refractivity contribution in [3.05, 3.63) is 30.9 Å². The molecule has 0 aliphatic carbocycles. The average molecular weight is 297 g/mol. The van der Waals surface area contributed by atoms with Crippen molar-refractivity contribution in [1.82, 2.24) is 20.3 Å². The predicted molar refractivity (Wildman–Crippen MR) is 85.7 cm³/mol. The summed E-state index contributed by atoms with van der Waals surface area (Å²) in [6, 6.07) is 2.43. The Balaban J connectivity index is 1.76. The Morgan fingerprint density at radius 3 is 3.09 bits per heavy atom. The highest BCUT2D eigenvalue weighted by atomic mass is 16.3. The number of fused-ring (bicyclic) bond motifs is 1. The highest BCUT2D eigenvalue weighted by Crippen LogP contribution is 2.33. The van der Waals surface area contributed by atoms with Crippen LogP contribution in [0.3, 0.4) is 0 Å². The fourth-order valence-corrected chi connectivity index (χ4v) is 3.15. The molecule has 114 valence electrons. The van der Waals surface area contributed by atoms with Crippen molar-refractivity contribution in [3.63, 3.8) is 0 Å². The number of rotatable bonds is 3. The number of aromatic nitrogens is 3. The molecule has 0 radical (unpaired) electrons. The summed E-state index contributed by atoms with van der Waals surface area (Å²) in [4.78, 5) is 11.9. The third-order valence-electron chi connectivity index (χ3n) is 4.17. The van der Waals surface area contributed by atoms with Gasteiger partial charge in [0.25, 0.3) is 0 Å². The summed E-state index contributed by atoms with van der Waals surface area (Å²) in [5.41, 5.74) is 2.81. The average Bonchev–Trinajstić information content (AvgIpc) is 3.19. The van der Waals surface area contributed by atoms with Crippen LogP contribution in [0, 0.1) is 5.92 Å². The highest BCUT2D eigenvalue weighted by Gasteiger charge is 2.22. The molecule has 0 spiro atoms. The number of anilines is 1. The largest absolute Gasteiger partial charge is 0.444 e. The van der Waals surface area contributed by atoms with Crippen molar-refractivity contribution in [1.29, 1.82) is 0 Å². The van der Waals surface area contributed by atoms with Crippen LogP contribution in [0.1, 0.15) is 13.3 Å². The molecule has 1 saturated heterocycles. The molecular weight excluding hydrogens is 278 g/mol. The van der Waals surface area contributed by atoms with Gasteiger partial charge in [-0.1, -0.05) is 6.92 Å². The lowest BCUT2D eigenvalue weighted by atomic mass is 9.97. The van der Waals surface area contributed by atoms with E-state index in [0.717, 1.165) is 41.8 Å². The molecule has 0 saturated carbocycles. The van der Waals surface area contributed by atoms with E-state index in [9.17, 15) is 0 Å². The molecule has 3 N–H and O–H groups in total. The maximum Gasteiger partial charge on any atom is 0.229 e. The summed E-state index contributed by atoms with van der Waals surface area (Å²) in [6.45, 7) is 4.32. The normalized spacial score (nSPS) is 22.0. The van der Waals surface area contributed by atoms with Crippen LogP contribution in [-0.4, -0.2) is 34.1 Å². The third kappa shape index (κ3) is 2.35. The lowest BCUT2D eigenvalue weighted by Gasteiger charge is -2.29. The quantitative estimate of drug-likeness (QED) is 0.692. The zero-order chi connectivity index (χ0) is 14.9. The minimum atomic E-state index is 0.387. The summed E-state index contributed by atoms with van der Waals surface area (Å²) in [5, 5.41) is 8.21. The van der Waals surface area contributed by atoms with Gasteiger partial charge < -0.3 is 20.0 Å². The van der Waals surface area contributed by atoms with E-state index >= 15 is 0 Å². The minimum absolute atomic E-state index is 0.387. The van der Waals surface area contributed by atoms with E-state index in [-0.39, 0.29) is 0 Å².